The average Bonchev–Trinajstić information content (AvgIpc) is 3.12. The zero-order valence-electron chi connectivity index (χ0n) is 19.9. The van der Waals surface area contributed by atoms with Gasteiger partial charge in [0, 0.05) is 29.9 Å². The molecular weight excluding hydrogens is 406 g/mol. The van der Waals surface area contributed by atoms with Crippen LogP contribution in [0.15, 0.2) is 66.7 Å². The lowest BCUT2D eigenvalue weighted by molar-refractivity contribution is 0.160. The summed E-state index contributed by atoms with van der Waals surface area (Å²) in [7, 11) is 0. The molecule has 170 valence electrons. The Kier molecular flexibility index (Phi) is 5.71. The van der Waals surface area contributed by atoms with Gasteiger partial charge in [-0.05, 0) is 76.0 Å². The van der Waals surface area contributed by atoms with Crippen molar-refractivity contribution in [2.45, 2.75) is 45.6 Å². The molecule has 1 N–H and O–H groups in total. The third-order valence-electron chi connectivity index (χ3n) is 7.36. The fourth-order valence-corrected chi connectivity index (χ4v) is 5.31. The zero-order valence-corrected chi connectivity index (χ0v) is 19.9. The topological polar surface area (TPSA) is 35.6 Å². The Hall–Kier alpha value is -3.11. The van der Waals surface area contributed by atoms with Crippen LogP contribution < -0.4 is 10.2 Å². The van der Waals surface area contributed by atoms with Crippen molar-refractivity contribution in [2.24, 2.45) is 0 Å². The predicted molar refractivity (Wildman–Crippen MR) is 136 cm³/mol. The molecule has 5 rings (SSSR count). The highest BCUT2D eigenvalue weighted by atomic mass is 16.2. The van der Waals surface area contributed by atoms with Crippen molar-refractivity contribution >= 4 is 17.4 Å². The molecule has 1 fully saturated rings. The number of carbonyl (C=O) groups is 1. The molecule has 0 unspecified atom stereocenters. The Balaban J connectivity index is 1.33. The van der Waals surface area contributed by atoms with E-state index in [0.717, 1.165) is 50.4 Å². The van der Waals surface area contributed by atoms with Crippen molar-refractivity contribution in [3.8, 4) is 0 Å². The van der Waals surface area contributed by atoms with Crippen LogP contribution in [0.1, 0.15) is 40.7 Å². The second-order valence-corrected chi connectivity index (χ2v) is 9.95. The van der Waals surface area contributed by atoms with Crippen LogP contribution in [-0.2, 0) is 12.0 Å². The van der Waals surface area contributed by atoms with Gasteiger partial charge < -0.3 is 5.32 Å². The molecule has 4 heteroatoms. The van der Waals surface area contributed by atoms with Crippen LogP contribution in [0.4, 0.5) is 16.2 Å². The number of amides is 2. The number of carbonyl (C=O) groups excluding carboxylic acids is 1. The second kappa shape index (κ2) is 8.68. The first-order valence-corrected chi connectivity index (χ1v) is 12.0. The molecule has 2 heterocycles. The molecule has 3 aromatic rings. The van der Waals surface area contributed by atoms with E-state index in [4.69, 9.17) is 0 Å². The largest absolute Gasteiger partial charge is 0.326 e. The van der Waals surface area contributed by atoms with Crippen LogP contribution in [-0.4, -0.2) is 30.6 Å². The first-order chi connectivity index (χ1) is 15.9. The van der Waals surface area contributed by atoms with Crippen LogP contribution in [0.3, 0.4) is 0 Å². The summed E-state index contributed by atoms with van der Waals surface area (Å²) in [6, 6.07) is 23.4. The number of likely N-dealkylation sites (tertiary alicyclic amines) is 1. The lowest BCUT2D eigenvalue weighted by atomic mass is 9.74. The number of hydrogen-bond donors (Lipinski definition) is 1. The molecule has 33 heavy (non-hydrogen) atoms. The monoisotopic (exact) mass is 439 g/mol. The molecule has 0 saturated carbocycles. The number of aryl methyl sites for hydroxylation is 3. The summed E-state index contributed by atoms with van der Waals surface area (Å²) in [4.78, 5) is 17.8. The lowest BCUT2D eigenvalue weighted by Gasteiger charge is -2.40. The van der Waals surface area contributed by atoms with Crippen molar-refractivity contribution in [2.75, 3.05) is 29.9 Å². The number of piperidine rings is 1. The first kappa shape index (κ1) is 21.7. The number of benzene rings is 3. The van der Waals surface area contributed by atoms with Crippen molar-refractivity contribution in [1.82, 2.24) is 4.90 Å². The predicted octanol–water partition coefficient (Wildman–Crippen LogP) is 6.20. The molecule has 4 nitrogen and oxygen atoms in total. The molecule has 0 aliphatic carbocycles. The molecule has 0 bridgehead atoms. The van der Waals surface area contributed by atoms with E-state index in [9.17, 15) is 4.79 Å². The van der Waals surface area contributed by atoms with Gasteiger partial charge in [0.2, 0.25) is 0 Å². The molecule has 1 saturated heterocycles. The van der Waals surface area contributed by atoms with Crippen LogP contribution >= 0.6 is 0 Å². The van der Waals surface area contributed by atoms with Crippen molar-refractivity contribution in [3.63, 3.8) is 0 Å². The van der Waals surface area contributed by atoms with E-state index in [0.29, 0.717) is 0 Å². The fraction of sp³-hybridized carbons (Fsp3) is 0.345. The summed E-state index contributed by atoms with van der Waals surface area (Å²) < 4.78 is 0. The van der Waals surface area contributed by atoms with Crippen LogP contribution in [0.5, 0.6) is 0 Å². The fourth-order valence-electron chi connectivity index (χ4n) is 5.31. The zero-order chi connectivity index (χ0) is 23.0. The third kappa shape index (κ3) is 4.40. The molecular formula is C29H33N3O. The van der Waals surface area contributed by atoms with Gasteiger partial charge in [0.15, 0.2) is 0 Å². The molecule has 3 aromatic carbocycles. The van der Waals surface area contributed by atoms with E-state index >= 15 is 0 Å². The highest BCUT2D eigenvalue weighted by molar-refractivity contribution is 6.03. The summed E-state index contributed by atoms with van der Waals surface area (Å²) in [6.45, 7) is 10.2. The Labute approximate surface area is 197 Å². The first-order valence-electron chi connectivity index (χ1n) is 12.0. The summed E-state index contributed by atoms with van der Waals surface area (Å²) in [5.41, 5.74) is 8.41. The van der Waals surface area contributed by atoms with Crippen molar-refractivity contribution in [1.29, 1.82) is 0 Å². The van der Waals surface area contributed by atoms with Crippen molar-refractivity contribution in [3.05, 3.63) is 94.5 Å². The highest BCUT2D eigenvalue weighted by Gasteiger charge is 2.46. The number of nitrogens with one attached hydrogen (secondary N) is 1. The van der Waals surface area contributed by atoms with Crippen LogP contribution in [0.25, 0.3) is 0 Å². The SMILES string of the molecule is Cc1ccc(CN2CCC3(CC2)CN(C(=O)Nc2ccc(C)cc2)c2ccc(C)cc23)cc1. The van der Waals surface area contributed by atoms with Gasteiger partial charge in [-0.3, -0.25) is 9.80 Å². The minimum atomic E-state index is -0.0390. The molecule has 1 spiro atoms. The van der Waals surface area contributed by atoms with E-state index < -0.39 is 0 Å². The Morgan fingerprint density at radius 2 is 1.45 bits per heavy atom. The maximum atomic E-state index is 13.3. The molecule has 2 aliphatic heterocycles. The molecule has 0 atom stereocenters. The number of fused-ring (bicyclic) bond motifs is 2. The normalized spacial score (nSPS) is 17.2. The smallest absolute Gasteiger partial charge is 0.308 e. The van der Waals surface area contributed by atoms with Crippen molar-refractivity contribution < 1.29 is 4.79 Å². The standard InChI is InChI=1S/C29H33N3O/c1-21-4-9-24(10-5-21)19-31-16-14-29(15-17-31)20-32(27-13-8-23(3)18-26(27)29)28(33)30-25-11-6-22(2)7-12-25/h4-13,18H,14-17,19-20H2,1-3H3,(H,30,33). The van der Waals surface area contributed by atoms with Gasteiger partial charge in [0.1, 0.15) is 0 Å². The number of hydrogen-bond acceptors (Lipinski definition) is 2. The van der Waals surface area contributed by atoms with Gasteiger partial charge in [-0.25, -0.2) is 4.79 Å². The third-order valence-corrected chi connectivity index (χ3v) is 7.36. The molecule has 0 aromatic heterocycles. The van der Waals surface area contributed by atoms with E-state index in [-0.39, 0.29) is 11.4 Å². The maximum absolute atomic E-state index is 13.3. The number of urea groups is 1. The van der Waals surface area contributed by atoms with Gasteiger partial charge in [-0.2, -0.15) is 0 Å². The van der Waals surface area contributed by atoms with E-state index in [1.807, 2.05) is 29.2 Å². The number of nitrogens with zero attached hydrogens (tertiary/aromatic N) is 2. The summed E-state index contributed by atoms with van der Waals surface area (Å²) in [5.74, 6) is 0. The second-order valence-electron chi connectivity index (χ2n) is 9.95. The van der Waals surface area contributed by atoms with E-state index in [1.165, 1.54) is 27.8 Å². The Morgan fingerprint density at radius 3 is 2.12 bits per heavy atom. The molecule has 0 radical (unpaired) electrons. The Bertz CT molecular complexity index is 1140. The number of anilines is 2. The van der Waals surface area contributed by atoms with Gasteiger partial charge >= 0.3 is 6.03 Å². The van der Waals surface area contributed by atoms with E-state index in [1.54, 1.807) is 0 Å². The quantitative estimate of drug-likeness (QED) is 0.527. The highest BCUT2D eigenvalue weighted by Crippen LogP contribution is 2.47. The van der Waals surface area contributed by atoms with Gasteiger partial charge in [0.25, 0.3) is 0 Å². The minimum absolute atomic E-state index is 0.0374. The summed E-state index contributed by atoms with van der Waals surface area (Å²) in [6.07, 6.45) is 2.15. The molecule has 2 aliphatic rings. The van der Waals surface area contributed by atoms with Gasteiger partial charge in [-0.15, -0.1) is 0 Å². The summed E-state index contributed by atoms with van der Waals surface area (Å²) >= 11 is 0. The van der Waals surface area contributed by atoms with E-state index in [2.05, 4.69) is 73.5 Å². The lowest BCUT2D eigenvalue weighted by Crippen LogP contribution is -2.46. The average molecular weight is 440 g/mol. The van der Waals surface area contributed by atoms with Crippen LogP contribution in [0.2, 0.25) is 0 Å². The van der Waals surface area contributed by atoms with Crippen LogP contribution in [0, 0.1) is 20.8 Å². The molecule has 2 amide bonds. The maximum Gasteiger partial charge on any atom is 0.326 e. The Morgan fingerprint density at radius 1 is 0.848 bits per heavy atom. The van der Waals surface area contributed by atoms with Gasteiger partial charge in [0.05, 0.1) is 0 Å². The summed E-state index contributed by atoms with van der Waals surface area (Å²) in [5, 5.41) is 3.11. The van der Waals surface area contributed by atoms with Gasteiger partial charge in [-0.1, -0.05) is 65.2 Å². The minimum Gasteiger partial charge on any atom is -0.308 e. The number of rotatable bonds is 3.